The zero-order valence-electron chi connectivity index (χ0n) is 10.1. The van der Waals surface area contributed by atoms with E-state index in [0.717, 1.165) is 11.3 Å². The maximum Gasteiger partial charge on any atom is 0.163 e. The molecule has 0 atom stereocenters. The van der Waals surface area contributed by atoms with E-state index in [0.29, 0.717) is 12.8 Å². The lowest BCUT2D eigenvalue weighted by atomic mass is 10.1. The van der Waals surface area contributed by atoms with Crippen molar-refractivity contribution in [2.24, 2.45) is 0 Å². The lowest BCUT2D eigenvalue weighted by Gasteiger charge is -2.12. The monoisotopic (exact) mass is 215 g/mol. The van der Waals surface area contributed by atoms with Crippen molar-refractivity contribution in [3.8, 4) is 11.8 Å². The third kappa shape index (κ3) is 3.43. The molecule has 1 rings (SSSR count). The topological polar surface area (TPSA) is 20.3 Å². The van der Waals surface area contributed by atoms with Crippen LogP contribution in [0.5, 0.6) is 0 Å². The van der Waals surface area contributed by atoms with E-state index in [-0.39, 0.29) is 5.78 Å². The number of carbonyl (C=O) groups is 1. The van der Waals surface area contributed by atoms with E-state index in [2.05, 4.69) is 11.8 Å². The molecule has 1 aromatic carbocycles. The predicted molar refractivity (Wildman–Crippen MR) is 67.8 cm³/mol. The van der Waals surface area contributed by atoms with Gasteiger partial charge in [0.05, 0.1) is 0 Å². The number of Topliss-reactive ketones (excluding diaryl/α,β-unsaturated/α-hetero) is 1. The van der Waals surface area contributed by atoms with Crippen LogP contribution in [0.3, 0.4) is 0 Å². The molecule has 0 radical (unpaired) electrons. The minimum absolute atomic E-state index is 0.160. The van der Waals surface area contributed by atoms with Gasteiger partial charge in [-0.1, -0.05) is 0 Å². The van der Waals surface area contributed by atoms with Gasteiger partial charge in [0.2, 0.25) is 0 Å². The van der Waals surface area contributed by atoms with Gasteiger partial charge in [-0.05, 0) is 31.2 Å². The second kappa shape index (κ2) is 5.97. The van der Waals surface area contributed by atoms with Gasteiger partial charge in [-0.2, -0.15) is 0 Å². The third-order valence-corrected chi connectivity index (χ3v) is 2.36. The fourth-order valence-electron chi connectivity index (χ4n) is 1.39. The zero-order valence-corrected chi connectivity index (χ0v) is 10.1. The quantitative estimate of drug-likeness (QED) is 0.568. The van der Waals surface area contributed by atoms with Gasteiger partial charge in [0.15, 0.2) is 5.78 Å². The maximum atomic E-state index is 11.7. The van der Waals surface area contributed by atoms with E-state index in [4.69, 9.17) is 0 Å². The molecule has 0 spiro atoms. The number of carbonyl (C=O) groups excluding carboxylic acids is 1. The molecule has 0 aliphatic rings. The average Bonchev–Trinajstić information content (AvgIpc) is 2.29. The van der Waals surface area contributed by atoms with Gasteiger partial charge >= 0.3 is 0 Å². The Kier molecular flexibility index (Phi) is 4.60. The molecular formula is C14H17NO. The van der Waals surface area contributed by atoms with Crippen LogP contribution in [0.2, 0.25) is 0 Å². The molecule has 0 heterocycles. The SMILES string of the molecule is CC#CCCC(=O)c1ccc(N(C)C)cc1. The van der Waals surface area contributed by atoms with Crippen molar-refractivity contribution < 1.29 is 4.79 Å². The van der Waals surface area contributed by atoms with Gasteiger partial charge in [0, 0.05) is 38.2 Å². The smallest absolute Gasteiger partial charge is 0.163 e. The van der Waals surface area contributed by atoms with Crippen molar-refractivity contribution in [1.29, 1.82) is 0 Å². The van der Waals surface area contributed by atoms with Gasteiger partial charge in [0.1, 0.15) is 0 Å². The Labute approximate surface area is 97.3 Å². The summed E-state index contributed by atoms with van der Waals surface area (Å²) in [6.07, 6.45) is 1.15. The van der Waals surface area contributed by atoms with Crippen LogP contribution in [-0.4, -0.2) is 19.9 Å². The van der Waals surface area contributed by atoms with Crippen LogP contribution in [0.15, 0.2) is 24.3 Å². The minimum Gasteiger partial charge on any atom is -0.378 e. The Morgan fingerprint density at radius 2 is 1.88 bits per heavy atom. The largest absolute Gasteiger partial charge is 0.378 e. The van der Waals surface area contributed by atoms with Gasteiger partial charge in [-0.3, -0.25) is 4.79 Å². The summed E-state index contributed by atoms with van der Waals surface area (Å²) in [5, 5.41) is 0. The van der Waals surface area contributed by atoms with E-state index in [9.17, 15) is 4.79 Å². The second-order valence-corrected chi connectivity index (χ2v) is 3.79. The first-order valence-corrected chi connectivity index (χ1v) is 5.35. The molecule has 0 unspecified atom stereocenters. The van der Waals surface area contributed by atoms with Crippen LogP contribution in [0, 0.1) is 11.8 Å². The highest BCUT2D eigenvalue weighted by atomic mass is 16.1. The number of nitrogens with zero attached hydrogens (tertiary/aromatic N) is 1. The minimum atomic E-state index is 0.160. The maximum absolute atomic E-state index is 11.7. The standard InChI is InChI=1S/C14H17NO/c1-4-5-6-7-14(16)12-8-10-13(11-9-12)15(2)3/h8-11H,6-7H2,1-3H3. The molecule has 1 aromatic rings. The van der Waals surface area contributed by atoms with Crippen LogP contribution in [0.1, 0.15) is 30.1 Å². The number of hydrogen-bond acceptors (Lipinski definition) is 2. The molecule has 0 bridgehead atoms. The normalized spacial score (nSPS) is 9.19. The summed E-state index contributed by atoms with van der Waals surface area (Å²) in [4.78, 5) is 13.7. The summed E-state index contributed by atoms with van der Waals surface area (Å²) in [6.45, 7) is 1.79. The first-order valence-electron chi connectivity index (χ1n) is 5.35. The molecule has 16 heavy (non-hydrogen) atoms. The van der Waals surface area contributed by atoms with Crippen LogP contribution in [-0.2, 0) is 0 Å². The van der Waals surface area contributed by atoms with Crippen LogP contribution in [0.25, 0.3) is 0 Å². The fourth-order valence-corrected chi connectivity index (χ4v) is 1.39. The lowest BCUT2D eigenvalue weighted by Crippen LogP contribution is -2.08. The van der Waals surface area contributed by atoms with Crippen molar-refractivity contribution in [2.45, 2.75) is 19.8 Å². The number of rotatable bonds is 4. The average molecular weight is 215 g/mol. The Morgan fingerprint density at radius 3 is 2.38 bits per heavy atom. The highest BCUT2D eigenvalue weighted by Gasteiger charge is 2.04. The van der Waals surface area contributed by atoms with E-state index < -0.39 is 0 Å². The molecular weight excluding hydrogens is 198 g/mol. The van der Waals surface area contributed by atoms with Crippen molar-refractivity contribution in [3.05, 3.63) is 29.8 Å². The summed E-state index contributed by atoms with van der Waals surface area (Å²) in [5.41, 5.74) is 1.87. The number of ketones is 1. The summed E-state index contributed by atoms with van der Waals surface area (Å²) in [6, 6.07) is 7.66. The van der Waals surface area contributed by atoms with E-state index in [1.165, 1.54) is 0 Å². The van der Waals surface area contributed by atoms with E-state index >= 15 is 0 Å². The Hall–Kier alpha value is -1.75. The molecule has 2 nitrogen and oxygen atoms in total. The zero-order chi connectivity index (χ0) is 12.0. The third-order valence-electron chi connectivity index (χ3n) is 2.36. The number of hydrogen-bond donors (Lipinski definition) is 0. The molecule has 2 heteroatoms. The summed E-state index contributed by atoms with van der Waals surface area (Å²) in [5.74, 6) is 5.85. The molecule has 0 fully saturated rings. The number of benzene rings is 1. The fraction of sp³-hybridized carbons (Fsp3) is 0.357. The van der Waals surface area contributed by atoms with Gasteiger partial charge in [-0.15, -0.1) is 11.8 Å². The Morgan fingerprint density at radius 1 is 1.25 bits per heavy atom. The number of anilines is 1. The first-order chi connectivity index (χ1) is 7.65. The molecule has 0 aromatic heterocycles. The highest BCUT2D eigenvalue weighted by Crippen LogP contribution is 2.13. The van der Waals surface area contributed by atoms with Crippen LogP contribution in [0.4, 0.5) is 5.69 Å². The highest BCUT2D eigenvalue weighted by molar-refractivity contribution is 5.96. The molecule has 0 N–H and O–H groups in total. The summed E-state index contributed by atoms with van der Waals surface area (Å²) < 4.78 is 0. The molecule has 0 aliphatic carbocycles. The van der Waals surface area contributed by atoms with Crippen LogP contribution < -0.4 is 4.90 Å². The Bertz CT molecular complexity index is 407. The molecule has 84 valence electrons. The first kappa shape index (κ1) is 12.3. The Balaban J connectivity index is 2.65. The van der Waals surface area contributed by atoms with Crippen molar-refractivity contribution in [3.63, 3.8) is 0 Å². The second-order valence-electron chi connectivity index (χ2n) is 3.79. The predicted octanol–water partition coefficient (Wildman–Crippen LogP) is 2.74. The van der Waals surface area contributed by atoms with Crippen LogP contribution >= 0.6 is 0 Å². The van der Waals surface area contributed by atoms with Gasteiger partial charge in [-0.25, -0.2) is 0 Å². The molecule has 0 aliphatic heterocycles. The van der Waals surface area contributed by atoms with Crippen molar-refractivity contribution in [1.82, 2.24) is 0 Å². The molecule has 0 saturated carbocycles. The van der Waals surface area contributed by atoms with Gasteiger partial charge in [0.25, 0.3) is 0 Å². The molecule has 0 amide bonds. The van der Waals surface area contributed by atoms with E-state index in [1.54, 1.807) is 6.92 Å². The lowest BCUT2D eigenvalue weighted by molar-refractivity contribution is 0.0984. The van der Waals surface area contributed by atoms with Crippen molar-refractivity contribution in [2.75, 3.05) is 19.0 Å². The molecule has 0 saturated heterocycles. The van der Waals surface area contributed by atoms with E-state index in [1.807, 2.05) is 43.3 Å². The summed E-state index contributed by atoms with van der Waals surface area (Å²) >= 11 is 0. The summed E-state index contributed by atoms with van der Waals surface area (Å²) in [7, 11) is 3.96. The van der Waals surface area contributed by atoms with Crippen molar-refractivity contribution >= 4 is 11.5 Å². The van der Waals surface area contributed by atoms with Gasteiger partial charge < -0.3 is 4.90 Å².